The molecule has 0 saturated carbocycles. The summed E-state index contributed by atoms with van der Waals surface area (Å²) in [5.41, 5.74) is 2.16. The lowest BCUT2D eigenvalue weighted by Gasteiger charge is -2.09. The molecule has 0 aliphatic carbocycles. The number of methoxy groups -OCH3 is 2. The van der Waals surface area contributed by atoms with E-state index in [9.17, 15) is 4.79 Å². The van der Waals surface area contributed by atoms with Gasteiger partial charge in [-0.3, -0.25) is 9.36 Å². The topological polar surface area (TPSA) is 65.4 Å². The number of hydrogen-bond acceptors (Lipinski definition) is 4. The van der Waals surface area contributed by atoms with Gasteiger partial charge in [0.2, 0.25) is 0 Å². The number of carbonyl (C=O) groups excluding carboxylic acids is 1. The lowest BCUT2D eigenvalue weighted by atomic mass is 10.2. The van der Waals surface area contributed by atoms with Crippen LogP contribution in [0.2, 0.25) is 0 Å². The van der Waals surface area contributed by atoms with Crippen molar-refractivity contribution in [2.45, 2.75) is 13.3 Å². The van der Waals surface area contributed by atoms with Crippen LogP contribution in [0.1, 0.15) is 23.8 Å². The van der Waals surface area contributed by atoms with Gasteiger partial charge < -0.3 is 14.8 Å². The predicted molar refractivity (Wildman–Crippen MR) is 105 cm³/mol. The fourth-order valence-electron chi connectivity index (χ4n) is 2.70. The summed E-state index contributed by atoms with van der Waals surface area (Å²) in [4.78, 5) is 17.0. The third-order valence-electron chi connectivity index (χ3n) is 4.17. The summed E-state index contributed by atoms with van der Waals surface area (Å²) in [6.07, 6.45) is 2.63. The molecule has 2 aromatic carbocycles. The van der Waals surface area contributed by atoms with Crippen LogP contribution in [0.4, 0.5) is 0 Å². The van der Waals surface area contributed by atoms with E-state index < -0.39 is 0 Å². The van der Waals surface area contributed by atoms with Crippen molar-refractivity contribution in [1.82, 2.24) is 14.9 Å². The van der Waals surface area contributed by atoms with Crippen LogP contribution in [0.3, 0.4) is 0 Å². The Morgan fingerprint density at radius 2 is 1.59 bits per heavy atom. The summed E-state index contributed by atoms with van der Waals surface area (Å²) in [5.74, 6) is 2.04. The third kappa shape index (κ3) is 4.11. The van der Waals surface area contributed by atoms with E-state index in [2.05, 4.69) is 10.3 Å². The zero-order valence-corrected chi connectivity index (χ0v) is 15.7. The number of nitrogens with zero attached hydrogens (tertiary/aromatic N) is 2. The molecule has 1 heterocycles. The van der Waals surface area contributed by atoms with Gasteiger partial charge in [-0.15, -0.1) is 0 Å². The molecule has 6 nitrogen and oxygen atoms in total. The Hall–Kier alpha value is -3.28. The maximum atomic E-state index is 12.4. The maximum absolute atomic E-state index is 12.4. The highest BCUT2D eigenvalue weighted by Gasteiger charge is 2.16. The largest absolute Gasteiger partial charge is 0.497 e. The standard InChI is InChI=1S/C21H23N3O3/c1-4-13-22-21(25)19-14-24(16-7-11-18(27-3)12-8-16)20(23-19)15-5-9-17(26-2)10-6-15/h5-12,14H,4,13H2,1-3H3,(H,22,25). The van der Waals surface area contributed by atoms with Gasteiger partial charge in [0.1, 0.15) is 23.0 Å². The van der Waals surface area contributed by atoms with E-state index >= 15 is 0 Å². The Morgan fingerprint density at radius 1 is 1.00 bits per heavy atom. The van der Waals surface area contributed by atoms with Crippen molar-refractivity contribution < 1.29 is 14.3 Å². The molecule has 1 aromatic heterocycles. The van der Waals surface area contributed by atoms with E-state index in [1.165, 1.54) is 0 Å². The van der Waals surface area contributed by atoms with Gasteiger partial charge in [-0.25, -0.2) is 4.98 Å². The zero-order valence-electron chi connectivity index (χ0n) is 15.7. The van der Waals surface area contributed by atoms with Crippen molar-refractivity contribution in [3.05, 3.63) is 60.4 Å². The number of ether oxygens (including phenoxy) is 2. The van der Waals surface area contributed by atoms with E-state index in [-0.39, 0.29) is 5.91 Å². The fourth-order valence-corrected chi connectivity index (χ4v) is 2.70. The van der Waals surface area contributed by atoms with Crippen molar-refractivity contribution in [2.75, 3.05) is 20.8 Å². The van der Waals surface area contributed by atoms with E-state index in [1.54, 1.807) is 20.4 Å². The molecular weight excluding hydrogens is 342 g/mol. The molecule has 1 N–H and O–H groups in total. The van der Waals surface area contributed by atoms with Gasteiger partial charge in [0.15, 0.2) is 0 Å². The minimum atomic E-state index is -0.182. The Kier molecular flexibility index (Phi) is 5.76. The molecule has 0 bridgehead atoms. The molecule has 0 saturated heterocycles. The average Bonchev–Trinajstić information content (AvgIpc) is 3.17. The number of aromatic nitrogens is 2. The number of nitrogens with one attached hydrogen (secondary N) is 1. The monoisotopic (exact) mass is 365 g/mol. The molecule has 0 unspecified atom stereocenters. The van der Waals surface area contributed by atoms with Crippen LogP contribution in [0.25, 0.3) is 17.1 Å². The molecule has 3 aromatic rings. The average molecular weight is 365 g/mol. The normalized spacial score (nSPS) is 10.5. The summed E-state index contributed by atoms with van der Waals surface area (Å²) in [6.45, 7) is 2.63. The zero-order chi connectivity index (χ0) is 19.2. The predicted octanol–water partition coefficient (Wildman–Crippen LogP) is 3.70. The molecule has 140 valence electrons. The van der Waals surface area contributed by atoms with Crippen molar-refractivity contribution in [2.24, 2.45) is 0 Å². The van der Waals surface area contributed by atoms with Crippen LogP contribution in [0.5, 0.6) is 11.5 Å². The van der Waals surface area contributed by atoms with Gasteiger partial charge in [-0.2, -0.15) is 0 Å². The lowest BCUT2D eigenvalue weighted by Crippen LogP contribution is -2.24. The van der Waals surface area contributed by atoms with Crippen molar-refractivity contribution in [1.29, 1.82) is 0 Å². The van der Waals surface area contributed by atoms with Gasteiger partial charge in [-0.05, 0) is 55.0 Å². The van der Waals surface area contributed by atoms with E-state index in [1.807, 2.05) is 60.0 Å². The SMILES string of the molecule is CCCNC(=O)c1cn(-c2ccc(OC)cc2)c(-c2ccc(OC)cc2)n1. The number of carbonyl (C=O) groups is 1. The van der Waals surface area contributed by atoms with Crippen LogP contribution in [-0.2, 0) is 0 Å². The van der Waals surface area contributed by atoms with E-state index in [0.717, 1.165) is 29.2 Å². The number of imidazole rings is 1. The molecular formula is C21H23N3O3. The highest BCUT2D eigenvalue weighted by Crippen LogP contribution is 2.26. The Balaban J connectivity index is 2.04. The highest BCUT2D eigenvalue weighted by atomic mass is 16.5. The van der Waals surface area contributed by atoms with Crippen LogP contribution < -0.4 is 14.8 Å². The summed E-state index contributed by atoms with van der Waals surface area (Å²) < 4.78 is 12.4. The molecule has 0 atom stereocenters. The fraction of sp³-hybridized carbons (Fsp3) is 0.238. The first-order valence-corrected chi connectivity index (χ1v) is 8.82. The van der Waals surface area contributed by atoms with Crippen LogP contribution in [0, 0.1) is 0 Å². The van der Waals surface area contributed by atoms with Crippen molar-refractivity contribution in [3.8, 4) is 28.6 Å². The molecule has 0 radical (unpaired) electrons. The second-order valence-corrected chi connectivity index (χ2v) is 6.00. The summed E-state index contributed by atoms with van der Waals surface area (Å²) >= 11 is 0. The Morgan fingerprint density at radius 3 is 2.15 bits per heavy atom. The van der Waals surface area contributed by atoms with Crippen LogP contribution in [0.15, 0.2) is 54.7 Å². The summed E-state index contributed by atoms with van der Waals surface area (Å²) in [7, 11) is 3.26. The summed E-state index contributed by atoms with van der Waals surface area (Å²) in [6, 6.07) is 15.2. The van der Waals surface area contributed by atoms with Crippen LogP contribution >= 0.6 is 0 Å². The lowest BCUT2D eigenvalue weighted by molar-refractivity contribution is 0.0949. The maximum Gasteiger partial charge on any atom is 0.271 e. The number of rotatable bonds is 7. The van der Waals surface area contributed by atoms with Gasteiger partial charge in [0.05, 0.1) is 14.2 Å². The number of amides is 1. The van der Waals surface area contributed by atoms with Gasteiger partial charge in [-0.1, -0.05) is 6.92 Å². The number of hydrogen-bond donors (Lipinski definition) is 1. The minimum absolute atomic E-state index is 0.182. The molecule has 3 rings (SSSR count). The molecule has 0 aliphatic rings. The van der Waals surface area contributed by atoms with Crippen LogP contribution in [-0.4, -0.2) is 36.2 Å². The second-order valence-electron chi connectivity index (χ2n) is 6.00. The Bertz CT molecular complexity index is 834. The van der Waals surface area contributed by atoms with Gasteiger partial charge in [0.25, 0.3) is 5.91 Å². The quantitative estimate of drug-likeness (QED) is 0.693. The molecule has 27 heavy (non-hydrogen) atoms. The van der Waals surface area contributed by atoms with E-state index in [0.29, 0.717) is 18.1 Å². The van der Waals surface area contributed by atoms with E-state index in [4.69, 9.17) is 9.47 Å². The molecule has 0 fully saturated rings. The van der Waals surface area contributed by atoms with Gasteiger partial charge >= 0.3 is 0 Å². The summed E-state index contributed by atoms with van der Waals surface area (Å²) in [5, 5.41) is 2.87. The molecule has 0 spiro atoms. The second kappa shape index (κ2) is 8.40. The first-order valence-electron chi connectivity index (χ1n) is 8.82. The highest BCUT2D eigenvalue weighted by molar-refractivity contribution is 5.93. The first kappa shape index (κ1) is 18.5. The first-order chi connectivity index (χ1) is 13.2. The molecule has 6 heteroatoms. The van der Waals surface area contributed by atoms with Gasteiger partial charge in [0, 0.05) is 24.0 Å². The van der Waals surface area contributed by atoms with Crippen molar-refractivity contribution >= 4 is 5.91 Å². The molecule has 1 amide bonds. The molecule has 0 aliphatic heterocycles. The van der Waals surface area contributed by atoms with Crippen molar-refractivity contribution in [3.63, 3.8) is 0 Å². The third-order valence-corrected chi connectivity index (χ3v) is 4.17. The smallest absolute Gasteiger partial charge is 0.271 e. The number of benzene rings is 2. The Labute approximate surface area is 158 Å². The minimum Gasteiger partial charge on any atom is -0.497 e.